The summed E-state index contributed by atoms with van der Waals surface area (Å²) in [6.07, 6.45) is 7.40. The molecule has 0 amide bonds. The summed E-state index contributed by atoms with van der Waals surface area (Å²) >= 11 is 5.11. The third-order valence-corrected chi connectivity index (χ3v) is 3.56. The molecule has 0 atom stereocenters. The molecule has 2 heterocycles. The van der Waals surface area contributed by atoms with E-state index in [1.54, 1.807) is 28.8 Å². The van der Waals surface area contributed by atoms with Gasteiger partial charge in [0.05, 0.1) is 11.1 Å². The fourth-order valence-corrected chi connectivity index (χ4v) is 2.35. The lowest BCUT2D eigenvalue weighted by molar-refractivity contribution is 0.766. The van der Waals surface area contributed by atoms with Gasteiger partial charge < -0.3 is 0 Å². The summed E-state index contributed by atoms with van der Waals surface area (Å²) in [5, 5.41) is 4.11. The van der Waals surface area contributed by atoms with Crippen LogP contribution in [0.2, 0.25) is 0 Å². The number of rotatable bonds is 2. The van der Waals surface area contributed by atoms with Gasteiger partial charge in [-0.15, -0.1) is 0 Å². The molecule has 0 radical (unpaired) electrons. The molecule has 2 aromatic rings. The van der Waals surface area contributed by atoms with Crippen LogP contribution < -0.4 is 0 Å². The largest absolute Gasteiger partial charge is 0.275 e. The molecule has 2 aromatic heterocycles. The number of pyridine rings is 1. The van der Waals surface area contributed by atoms with E-state index in [0.29, 0.717) is 0 Å². The molecule has 0 unspecified atom stereocenters. The Bertz CT molecular complexity index is 441. The molecule has 5 heteroatoms. The van der Waals surface area contributed by atoms with Crippen LogP contribution in [0.1, 0.15) is 0 Å². The molecule has 0 N–H and O–H groups in total. The SMILES string of the molecule is Cn1cc(Sc2ccncc2Br)cn1. The fourth-order valence-electron chi connectivity index (χ4n) is 1.02. The third-order valence-electron chi connectivity index (χ3n) is 1.64. The molecule has 0 saturated carbocycles. The van der Waals surface area contributed by atoms with Crippen molar-refractivity contribution in [2.75, 3.05) is 0 Å². The van der Waals surface area contributed by atoms with Crippen molar-refractivity contribution < 1.29 is 0 Å². The van der Waals surface area contributed by atoms with Crippen LogP contribution in [0, 0.1) is 0 Å². The van der Waals surface area contributed by atoms with E-state index in [1.165, 1.54) is 0 Å². The van der Waals surface area contributed by atoms with Crippen molar-refractivity contribution in [2.45, 2.75) is 9.79 Å². The Kier molecular flexibility index (Phi) is 2.88. The van der Waals surface area contributed by atoms with E-state index in [1.807, 2.05) is 25.5 Å². The lowest BCUT2D eigenvalue weighted by Crippen LogP contribution is -1.83. The summed E-state index contributed by atoms with van der Waals surface area (Å²) in [6, 6.07) is 1.97. The van der Waals surface area contributed by atoms with Gasteiger partial charge in [0.1, 0.15) is 0 Å². The maximum atomic E-state index is 4.11. The fraction of sp³-hybridized carbons (Fsp3) is 0.111. The van der Waals surface area contributed by atoms with Gasteiger partial charge in [-0.05, 0) is 22.0 Å². The molecular formula is C9H8BrN3S. The van der Waals surface area contributed by atoms with Gasteiger partial charge in [-0.25, -0.2) is 0 Å². The minimum atomic E-state index is 1.01. The average molecular weight is 270 g/mol. The Labute approximate surface area is 94.7 Å². The van der Waals surface area contributed by atoms with Gasteiger partial charge in [0.15, 0.2) is 0 Å². The molecule has 0 aliphatic rings. The van der Waals surface area contributed by atoms with Crippen molar-refractivity contribution >= 4 is 27.7 Å². The second-order valence-electron chi connectivity index (χ2n) is 2.76. The van der Waals surface area contributed by atoms with Crippen molar-refractivity contribution in [3.63, 3.8) is 0 Å². The van der Waals surface area contributed by atoms with Crippen LogP contribution in [0.4, 0.5) is 0 Å². The summed E-state index contributed by atoms with van der Waals surface area (Å²) in [5.74, 6) is 0. The first-order valence-corrected chi connectivity index (χ1v) is 5.62. The summed E-state index contributed by atoms with van der Waals surface area (Å²) in [6.45, 7) is 0. The molecule has 0 aromatic carbocycles. The van der Waals surface area contributed by atoms with E-state index < -0.39 is 0 Å². The first-order valence-electron chi connectivity index (χ1n) is 4.02. The van der Waals surface area contributed by atoms with Gasteiger partial charge in [0.25, 0.3) is 0 Å². The van der Waals surface area contributed by atoms with Crippen molar-refractivity contribution in [1.29, 1.82) is 0 Å². The molecule has 72 valence electrons. The first kappa shape index (κ1) is 9.73. The molecule has 14 heavy (non-hydrogen) atoms. The smallest absolute Gasteiger partial charge is 0.0629 e. The van der Waals surface area contributed by atoms with Crippen LogP contribution >= 0.6 is 27.7 Å². The minimum absolute atomic E-state index is 1.01. The monoisotopic (exact) mass is 269 g/mol. The highest BCUT2D eigenvalue weighted by Gasteiger charge is 2.02. The van der Waals surface area contributed by atoms with Crippen molar-refractivity contribution in [3.8, 4) is 0 Å². The topological polar surface area (TPSA) is 30.7 Å². The molecule has 0 aliphatic heterocycles. The molecule has 0 fully saturated rings. The van der Waals surface area contributed by atoms with Crippen molar-refractivity contribution in [3.05, 3.63) is 35.3 Å². The van der Waals surface area contributed by atoms with Gasteiger partial charge in [-0.2, -0.15) is 5.10 Å². The third kappa shape index (κ3) is 2.16. The van der Waals surface area contributed by atoms with Crippen LogP contribution in [-0.2, 0) is 7.05 Å². The zero-order valence-electron chi connectivity index (χ0n) is 7.51. The van der Waals surface area contributed by atoms with E-state index in [-0.39, 0.29) is 0 Å². The van der Waals surface area contributed by atoms with Gasteiger partial charge in [-0.3, -0.25) is 9.67 Å². The number of aromatic nitrogens is 3. The van der Waals surface area contributed by atoms with E-state index in [0.717, 1.165) is 14.3 Å². The Balaban J connectivity index is 2.23. The lowest BCUT2D eigenvalue weighted by atomic mass is 10.5. The van der Waals surface area contributed by atoms with Crippen molar-refractivity contribution in [2.24, 2.45) is 7.05 Å². The Morgan fingerprint density at radius 2 is 2.29 bits per heavy atom. The highest BCUT2D eigenvalue weighted by molar-refractivity contribution is 9.10. The highest BCUT2D eigenvalue weighted by atomic mass is 79.9. The summed E-state index contributed by atoms with van der Waals surface area (Å²) in [4.78, 5) is 6.28. The van der Waals surface area contributed by atoms with Gasteiger partial charge >= 0.3 is 0 Å². The zero-order chi connectivity index (χ0) is 9.97. The second kappa shape index (κ2) is 4.14. The van der Waals surface area contributed by atoms with Crippen LogP contribution in [0.3, 0.4) is 0 Å². The van der Waals surface area contributed by atoms with E-state index in [9.17, 15) is 0 Å². The Hall–Kier alpha value is -0.810. The molecule has 0 bridgehead atoms. The summed E-state index contributed by atoms with van der Waals surface area (Å²) < 4.78 is 2.80. The van der Waals surface area contributed by atoms with Crippen LogP contribution in [0.5, 0.6) is 0 Å². The molecule has 0 spiro atoms. The van der Waals surface area contributed by atoms with Gasteiger partial charge in [0.2, 0.25) is 0 Å². The average Bonchev–Trinajstić information content (AvgIpc) is 2.56. The van der Waals surface area contributed by atoms with Crippen molar-refractivity contribution in [1.82, 2.24) is 14.8 Å². The van der Waals surface area contributed by atoms with Gasteiger partial charge in [0, 0.05) is 35.0 Å². The number of hydrogen-bond acceptors (Lipinski definition) is 3. The molecule has 3 nitrogen and oxygen atoms in total. The highest BCUT2D eigenvalue weighted by Crippen LogP contribution is 2.31. The van der Waals surface area contributed by atoms with E-state index in [2.05, 4.69) is 26.0 Å². The van der Waals surface area contributed by atoms with E-state index >= 15 is 0 Å². The van der Waals surface area contributed by atoms with Gasteiger partial charge in [-0.1, -0.05) is 11.8 Å². The summed E-state index contributed by atoms with van der Waals surface area (Å²) in [5.41, 5.74) is 0. The molecule has 0 saturated heterocycles. The number of aryl methyl sites for hydroxylation is 1. The lowest BCUT2D eigenvalue weighted by Gasteiger charge is -1.99. The van der Waals surface area contributed by atoms with E-state index in [4.69, 9.17) is 0 Å². The van der Waals surface area contributed by atoms with Crippen LogP contribution in [0.25, 0.3) is 0 Å². The second-order valence-corrected chi connectivity index (χ2v) is 4.73. The molecule has 2 rings (SSSR count). The standard InChI is InChI=1S/C9H8BrN3S/c1-13-6-7(4-12-13)14-9-2-3-11-5-8(9)10/h2-6H,1H3. The maximum absolute atomic E-state index is 4.11. The molecule has 0 aliphatic carbocycles. The summed E-state index contributed by atoms with van der Waals surface area (Å²) in [7, 11) is 1.91. The number of nitrogens with zero attached hydrogens (tertiary/aromatic N) is 3. The zero-order valence-corrected chi connectivity index (χ0v) is 9.92. The van der Waals surface area contributed by atoms with Crippen LogP contribution in [-0.4, -0.2) is 14.8 Å². The number of halogens is 1. The predicted octanol–water partition coefficient (Wildman–Crippen LogP) is 2.73. The predicted molar refractivity (Wildman–Crippen MR) is 59.3 cm³/mol. The normalized spacial score (nSPS) is 10.4. The first-order chi connectivity index (χ1) is 6.75. The Morgan fingerprint density at radius 1 is 1.43 bits per heavy atom. The minimum Gasteiger partial charge on any atom is -0.275 e. The van der Waals surface area contributed by atoms with Crippen LogP contribution in [0.15, 0.2) is 45.1 Å². The number of hydrogen-bond donors (Lipinski definition) is 0. The quantitative estimate of drug-likeness (QED) is 0.840. The maximum Gasteiger partial charge on any atom is 0.0629 e. The Morgan fingerprint density at radius 3 is 2.93 bits per heavy atom. The molecular weight excluding hydrogens is 262 g/mol.